The summed E-state index contributed by atoms with van der Waals surface area (Å²) in [5, 5.41) is 3.37. The molecule has 7 heteroatoms. The third-order valence-corrected chi connectivity index (χ3v) is 1.96. The van der Waals surface area contributed by atoms with Gasteiger partial charge in [0.15, 0.2) is 11.3 Å². The van der Waals surface area contributed by atoms with Gasteiger partial charge in [0, 0.05) is 0 Å². The number of alkyl halides is 3. The van der Waals surface area contributed by atoms with Crippen LogP contribution in [0.3, 0.4) is 0 Å². The van der Waals surface area contributed by atoms with Crippen LogP contribution in [0.2, 0.25) is 0 Å². The first-order chi connectivity index (χ1) is 6.47. The Labute approximate surface area is 84.7 Å². The minimum absolute atomic E-state index is 0.366. The van der Waals surface area contributed by atoms with Crippen molar-refractivity contribution in [2.75, 3.05) is 0 Å². The second-order valence-corrected chi connectivity index (χ2v) is 3.40. The van der Waals surface area contributed by atoms with E-state index in [1.165, 1.54) is 12.3 Å². The fourth-order valence-corrected chi connectivity index (χ4v) is 1.38. The van der Waals surface area contributed by atoms with Gasteiger partial charge in [-0.15, -0.1) is 0 Å². The highest BCUT2D eigenvalue weighted by Gasteiger charge is 2.32. The number of hydrogen-bond acceptors (Lipinski definition) is 2. The molecule has 0 aromatic carbocycles. The van der Waals surface area contributed by atoms with Crippen LogP contribution in [0.4, 0.5) is 13.2 Å². The van der Waals surface area contributed by atoms with Crippen molar-refractivity contribution in [2.24, 2.45) is 0 Å². The van der Waals surface area contributed by atoms with E-state index in [-0.39, 0.29) is 0 Å². The SMILES string of the molecule is FC(F)(F)c1ccc2nc(Br)cn2n1. The molecule has 0 aliphatic heterocycles. The summed E-state index contributed by atoms with van der Waals surface area (Å²) in [7, 11) is 0. The van der Waals surface area contributed by atoms with Gasteiger partial charge in [0.05, 0.1) is 6.20 Å². The first-order valence-electron chi connectivity index (χ1n) is 3.56. The summed E-state index contributed by atoms with van der Waals surface area (Å²) in [6.45, 7) is 0. The number of rotatable bonds is 0. The lowest BCUT2D eigenvalue weighted by molar-refractivity contribution is -0.141. The van der Waals surface area contributed by atoms with Crippen molar-refractivity contribution in [3.8, 4) is 0 Å². The molecule has 0 saturated heterocycles. The molecule has 0 N–H and O–H groups in total. The number of nitrogens with zero attached hydrogens (tertiary/aromatic N) is 3. The molecule has 2 aromatic rings. The molecule has 0 fully saturated rings. The highest BCUT2D eigenvalue weighted by atomic mass is 79.9. The van der Waals surface area contributed by atoms with Crippen LogP contribution in [0.1, 0.15) is 5.69 Å². The third kappa shape index (κ3) is 1.59. The minimum Gasteiger partial charge on any atom is -0.220 e. The van der Waals surface area contributed by atoms with Crippen molar-refractivity contribution in [3.63, 3.8) is 0 Å². The van der Waals surface area contributed by atoms with Gasteiger partial charge in [0.1, 0.15) is 4.60 Å². The van der Waals surface area contributed by atoms with E-state index in [2.05, 4.69) is 26.0 Å². The van der Waals surface area contributed by atoms with Gasteiger partial charge in [0.25, 0.3) is 0 Å². The van der Waals surface area contributed by atoms with Crippen LogP contribution in [0.15, 0.2) is 22.9 Å². The van der Waals surface area contributed by atoms with E-state index in [4.69, 9.17) is 0 Å². The lowest BCUT2D eigenvalue weighted by atomic mass is 10.4. The van der Waals surface area contributed by atoms with E-state index in [1.807, 2.05) is 0 Å². The average molecular weight is 266 g/mol. The Balaban J connectivity index is 2.62. The molecular formula is C7H3BrF3N3. The maximum Gasteiger partial charge on any atom is 0.435 e. The quantitative estimate of drug-likeness (QED) is 0.733. The summed E-state index contributed by atoms with van der Waals surface area (Å²) in [5.74, 6) is 0. The van der Waals surface area contributed by atoms with E-state index >= 15 is 0 Å². The van der Waals surface area contributed by atoms with Gasteiger partial charge in [-0.3, -0.25) is 0 Å². The molecule has 2 aromatic heterocycles. The van der Waals surface area contributed by atoms with Crippen LogP contribution in [0.5, 0.6) is 0 Å². The zero-order valence-corrected chi connectivity index (χ0v) is 8.17. The van der Waals surface area contributed by atoms with Crippen molar-refractivity contribution >= 4 is 21.6 Å². The second-order valence-electron chi connectivity index (χ2n) is 2.58. The molecule has 0 radical (unpaired) electrons. The summed E-state index contributed by atoms with van der Waals surface area (Å²) >= 11 is 3.05. The fourth-order valence-electron chi connectivity index (χ4n) is 1.00. The van der Waals surface area contributed by atoms with Crippen LogP contribution in [0.25, 0.3) is 5.65 Å². The molecule has 0 atom stereocenters. The van der Waals surface area contributed by atoms with Gasteiger partial charge in [-0.05, 0) is 28.1 Å². The Morgan fingerprint density at radius 2 is 2.00 bits per heavy atom. The van der Waals surface area contributed by atoms with Gasteiger partial charge in [-0.2, -0.15) is 18.3 Å². The highest BCUT2D eigenvalue weighted by molar-refractivity contribution is 9.10. The second kappa shape index (κ2) is 2.94. The van der Waals surface area contributed by atoms with Gasteiger partial charge in [0.2, 0.25) is 0 Å². The van der Waals surface area contributed by atoms with Crippen molar-refractivity contribution in [3.05, 3.63) is 28.6 Å². The molecule has 0 spiro atoms. The molecule has 74 valence electrons. The minimum atomic E-state index is -4.43. The van der Waals surface area contributed by atoms with Crippen molar-refractivity contribution in [1.29, 1.82) is 0 Å². The van der Waals surface area contributed by atoms with Crippen LogP contribution in [0, 0.1) is 0 Å². The topological polar surface area (TPSA) is 30.2 Å². The van der Waals surface area contributed by atoms with Crippen LogP contribution in [-0.2, 0) is 6.18 Å². The number of imidazole rings is 1. The van der Waals surface area contributed by atoms with E-state index in [9.17, 15) is 13.2 Å². The summed E-state index contributed by atoms with van der Waals surface area (Å²) in [6, 6.07) is 2.16. The number of aromatic nitrogens is 3. The summed E-state index contributed by atoms with van der Waals surface area (Å²) in [5.41, 5.74) is -0.570. The number of fused-ring (bicyclic) bond motifs is 1. The fraction of sp³-hybridized carbons (Fsp3) is 0.143. The summed E-state index contributed by atoms with van der Waals surface area (Å²) in [4.78, 5) is 3.89. The van der Waals surface area contributed by atoms with Gasteiger partial charge >= 0.3 is 6.18 Å². The molecule has 0 aliphatic rings. The van der Waals surface area contributed by atoms with Gasteiger partial charge < -0.3 is 0 Å². The highest BCUT2D eigenvalue weighted by Crippen LogP contribution is 2.27. The first-order valence-corrected chi connectivity index (χ1v) is 4.35. The lowest BCUT2D eigenvalue weighted by Gasteiger charge is -2.04. The monoisotopic (exact) mass is 265 g/mol. The van der Waals surface area contributed by atoms with Gasteiger partial charge in [-0.1, -0.05) is 0 Å². The summed E-state index contributed by atoms with van der Waals surface area (Å²) < 4.78 is 38.2. The van der Waals surface area contributed by atoms with Crippen LogP contribution in [-0.4, -0.2) is 14.6 Å². The summed E-state index contributed by atoms with van der Waals surface area (Å²) in [6.07, 6.45) is -3.06. The molecular weight excluding hydrogens is 263 g/mol. The smallest absolute Gasteiger partial charge is 0.220 e. The van der Waals surface area contributed by atoms with Crippen LogP contribution < -0.4 is 0 Å². The number of hydrogen-bond donors (Lipinski definition) is 0. The van der Waals surface area contributed by atoms with Crippen molar-refractivity contribution in [2.45, 2.75) is 6.18 Å². The molecule has 0 saturated carbocycles. The van der Waals surface area contributed by atoms with Gasteiger partial charge in [-0.25, -0.2) is 9.50 Å². The van der Waals surface area contributed by atoms with Crippen LogP contribution >= 0.6 is 15.9 Å². The molecule has 0 aliphatic carbocycles. The Bertz CT molecular complexity index is 476. The zero-order chi connectivity index (χ0) is 10.3. The zero-order valence-electron chi connectivity index (χ0n) is 6.59. The largest absolute Gasteiger partial charge is 0.435 e. The lowest BCUT2D eigenvalue weighted by Crippen LogP contribution is -2.10. The number of halogens is 4. The molecule has 0 amide bonds. The normalized spacial score (nSPS) is 12.3. The van der Waals surface area contributed by atoms with Crippen molar-refractivity contribution in [1.82, 2.24) is 14.6 Å². The molecule has 2 heterocycles. The Kier molecular flexibility index (Phi) is 1.99. The molecule has 3 nitrogen and oxygen atoms in total. The predicted molar refractivity (Wildman–Crippen MR) is 45.7 cm³/mol. The van der Waals surface area contributed by atoms with E-state index < -0.39 is 11.9 Å². The molecule has 0 unspecified atom stereocenters. The average Bonchev–Trinajstić information content (AvgIpc) is 2.41. The van der Waals surface area contributed by atoms with E-state index in [0.29, 0.717) is 10.3 Å². The first kappa shape index (κ1) is 9.45. The van der Waals surface area contributed by atoms with E-state index in [1.54, 1.807) is 0 Å². The van der Waals surface area contributed by atoms with E-state index in [0.717, 1.165) is 10.6 Å². The predicted octanol–water partition coefficient (Wildman–Crippen LogP) is 2.51. The Morgan fingerprint density at radius 3 is 2.64 bits per heavy atom. The Morgan fingerprint density at radius 1 is 1.29 bits per heavy atom. The maximum absolute atomic E-state index is 12.2. The standard InChI is InChI=1S/C7H3BrF3N3/c8-5-3-14-6(12-5)2-1-4(13-14)7(9,10)11/h1-3H. The molecule has 2 rings (SSSR count). The van der Waals surface area contributed by atoms with Crippen molar-refractivity contribution < 1.29 is 13.2 Å². The maximum atomic E-state index is 12.2. The molecule has 0 bridgehead atoms. The third-order valence-electron chi connectivity index (χ3n) is 1.58. The Hall–Kier alpha value is -1.11. The molecule has 14 heavy (non-hydrogen) atoms.